The Hall–Kier alpha value is -1.94. The zero-order chi connectivity index (χ0) is 14.5. The Morgan fingerprint density at radius 1 is 1.20 bits per heavy atom. The number of benzene rings is 1. The van der Waals surface area contributed by atoms with E-state index in [1.807, 2.05) is 44.2 Å². The van der Waals surface area contributed by atoms with Crippen LogP contribution >= 0.6 is 0 Å². The molecule has 1 heterocycles. The van der Waals surface area contributed by atoms with Crippen molar-refractivity contribution < 1.29 is 9.15 Å². The number of ether oxygens (including phenoxy) is 1. The predicted octanol–water partition coefficient (Wildman–Crippen LogP) is 3.20. The summed E-state index contributed by atoms with van der Waals surface area (Å²) in [6.07, 6.45) is 0. The predicted molar refractivity (Wildman–Crippen MR) is 80.6 cm³/mol. The van der Waals surface area contributed by atoms with Gasteiger partial charge in [-0.25, -0.2) is 0 Å². The van der Waals surface area contributed by atoms with Crippen molar-refractivity contribution in [1.29, 1.82) is 0 Å². The molecule has 0 spiro atoms. The van der Waals surface area contributed by atoms with Crippen molar-refractivity contribution in [3.63, 3.8) is 0 Å². The number of anilines is 1. The lowest BCUT2D eigenvalue weighted by molar-refractivity contribution is 0.275. The number of furan rings is 1. The molecule has 2 rings (SSSR count). The molecule has 0 aliphatic carbocycles. The van der Waals surface area contributed by atoms with E-state index in [0.29, 0.717) is 6.61 Å². The van der Waals surface area contributed by atoms with E-state index in [1.165, 1.54) is 0 Å². The average Bonchev–Trinajstić information content (AvgIpc) is 2.78. The molecule has 20 heavy (non-hydrogen) atoms. The molecule has 0 bridgehead atoms. The van der Waals surface area contributed by atoms with Gasteiger partial charge in [0.2, 0.25) is 0 Å². The number of rotatable bonds is 6. The zero-order valence-corrected chi connectivity index (χ0v) is 12.3. The van der Waals surface area contributed by atoms with Crippen LogP contribution in [0.1, 0.15) is 24.0 Å². The molecule has 0 radical (unpaired) electrons. The van der Waals surface area contributed by atoms with E-state index in [4.69, 9.17) is 14.9 Å². The van der Waals surface area contributed by atoms with Gasteiger partial charge in [-0.1, -0.05) is 0 Å². The van der Waals surface area contributed by atoms with E-state index in [0.717, 1.165) is 41.6 Å². The third kappa shape index (κ3) is 3.78. The molecule has 2 aromatic rings. The van der Waals surface area contributed by atoms with Crippen molar-refractivity contribution in [3.05, 3.63) is 47.4 Å². The lowest BCUT2D eigenvalue weighted by atomic mass is 10.1. The number of hydrogen-bond donors (Lipinski definition) is 1. The van der Waals surface area contributed by atoms with Gasteiger partial charge in [-0.3, -0.25) is 4.90 Å². The molecule has 0 atom stereocenters. The second kappa shape index (κ2) is 6.48. The molecule has 1 aromatic carbocycles. The van der Waals surface area contributed by atoms with Gasteiger partial charge in [0.05, 0.1) is 13.2 Å². The van der Waals surface area contributed by atoms with Crippen LogP contribution in [0.2, 0.25) is 0 Å². The minimum Gasteiger partial charge on any atom is -0.494 e. The van der Waals surface area contributed by atoms with Gasteiger partial charge in [-0.2, -0.15) is 0 Å². The van der Waals surface area contributed by atoms with E-state index in [9.17, 15) is 0 Å². The van der Waals surface area contributed by atoms with E-state index >= 15 is 0 Å². The molecule has 0 fully saturated rings. The number of aryl methyl sites for hydroxylation is 1. The second-order valence-corrected chi connectivity index (χ2v) is 4.98. The Morgan fingerprint density at radius 3 is 2.65 bits per heavy atom. The molecule has 0 saturated heterocycles. The van der Waals surface area contributed by atoms with Gasteiger partial charge in [-0.05, 0) is 51.2 Å². The molecule has 108 valence electrons. The summed E-state index contributed by atoms with van der Waals surface area (Å²) in [6.45, 7) is 6.11. The summed E-state index contributed by atoms with van der Waals surface area (Å²) in [5.41, 5.74) is 7.71. The zero-order valence-electron chi connectivity index (χ0n) is 12.3. The van der Waals surface area contributed by atoms with Gasteiger partial charge < -0.3 is 14.9 Å². The topological polar surface area (TPSA) is 51.6 Å². The second-order valence-electron chi connectivity index (χ2n) is 4.98. The van der Waals surface area contributed by atoms with Gasteiger partial charge >= 0.3 is 0 Å². The Labute approximate surface area is 120 Å². The lowest BCUT2D eigenvalue weighted by Crippen LogP contribution is -2.17. The summed E-state index contributed by atoms with van der Waals surface area (Å²) in [7, 11) is 2.05. The van der Waals surface area contributed by atoms with E-state index in [1.54, 1.807) is 0 Å². The van der Waals surface area contributed by atoms with Crippen molar-refractivity contribution in [2.75, 3.05) is 19.4 Å². The Kier molecular flexibility index (Phi) is 4.69. The number of nitrogens with two attached hydrogens (primary N) is 1. The summed E-state index contributed by atoms with van der Waals surface area (Å²) >= 11 is 0. The molecular formula is C16H22N2O2. The highest BCUT2D eigenvalue weighted by molar-refractivity contribution is 5.47. The first-order chi connectivity index (χ1) is 9.58. The SMILES string of the molecule is CCOc1ccc(N)cc1CN(C)Cc1ccc(C)o1. The summed E-state index contributed by atoms with van der Waals surface area (Å²) in [5.74, 6) is 2.79. The van der Waals surface area contributed by atoms with Crippen LogP contribution in [-0.2, 0) is 13.1 Å². The maximum Gasteiger partial charge on any atom is 0.123 e. The van der Waals surface area contributed by atoms with Crippen LogP contribution in [0.3, 0.4) is 0 Å². The fourth-order valence-electron chi connectivity index (χ4n) is 2.20. The van der Waals surface area contributed by atoms with Crippen molar-refractivity contribution in [2.45, 2.75) is 26.9 Å². The van der Waals surface area contributed by atoms with Crippen molar-refractivity contribution in [3.8, 4) is 5.75 Å². The Morgan fingerprint density at radius 2 is 2.00 bits per heavy atom. The summed E-state index contributed by atoms with van der Waals surface area (Å²) < 4.78 is 11.2. The van der Waals surface area contributed by atoms with Gasteiger partial charge in [0.25, 0.3) is 0 Å². The summed E-state index contributed by atoms with van der Waals surface area (Å²) in [4.78, 5) is 2.18. The highest BCUT2D eigenvalue weighted by atomic mass is 16.5. The van der Waals surface area contributed by atoms with Crippen LogP contribution in [0.25, 0.3) is 0 Å². The van der Waals surface area contributed by atoms with E-state index in [2.05, 4.69) is 11.9 Å². The van der Waals surface area contributed by atoms with Crippen molar-refractivity contribution in [2.24, 2.45) is 0 Å². The normalized spacial score (nSPS) is 11.0. The van der Waals surface area contributed by atoms with Crippen LogP contribution < -0.4 is 10.5 Å². The number of hydrogen-bond acceptors (Lipinski definition) is 4. The molecule has 0 aliphatic rings. The number of nitrogens with zero attached hydrogens (tertiary/aromatic N) is 1. The van der Waals surface area contributed by atoms with Crippen molar-refractivity contribution in [1.82, 2.24) is 4.90 Å². The quantitative estimate of drug-likeness (QED) is 0.822. The Balaban J connectivity index is 2.06. The highest BCUT2D eigenvalue weighted by Gasteiger charge is 2.09. The minimum absolute atomic E-state index is 0.651. The average molecular weight is 274 g/mol. The standard InChI is InChI=1S/C16H22N2O2/c1-4-19-16-8-6-14(17)9-13(16)10-18(3)11-15-7-5-12(2)20-15/h5-9H,4,10-11,17H2,1-3H3. The lowest BCUT2D eigenvalue weighted by Gasteiger charge is -2.18. The molecule has 4 heteroatoms. The maximum atomic E-state index is 5.86. The Bertz CT molecular complexity index is 563. The molecule has 0 aliphatic heterocycles. The molecule has 0 unspecified atom stereocenters. The van der Waals surface area contributed by atoms with Crippen LogP contribution in [0.4, 0.5) is 5.69 Å². The summed E-state index contributed by atoms with van der Waals surface area (Å²) in [5, 5.41) is 0. The molecule has 1 aromatic heterocycles. The third-order valence-corrected chi connectivity index (χ3v) is 3.05. The first kappa shape index (κ1) is 14.5. The smallest absolute Gasteiger partial charge is 0.123 e. The molecular weight excluding hydrogens is 252 g/mol. The molecule has 0 amide bonds. The highest BCUT2D eigenvalue weighted by Crippen LogP contribution is 2.23. The van der Waals surface area contributed by atoms with E-state index < -0.39 is 0 Å². The number of nitrogen functional groups attached to an aromatic ring is 1. The van der Waals surface area contributed by atoms with Gasteiger partial charge in [0.1, 0.15) is 17.3 Å². The van der Waals surface area contributed by atoms with Crippen LogP contribution in [0.15, 0.2) is 34.7 Å². The first-order valence-electron chi connectivity index (χ1n) is 6.83. The van der Waals surface area contributed by atoms with Gasteiger partial charge in [-0.15, -0.1) is 0 Å². The molecule has 0 saturated carbocycles. The first-order valence-corrected chi connectivity index (χ1v) is 6.83. The molecule has 4 nitrogen and oxygen atoms in total. The van der Waals surface area contributed by atoms with Crippen LogP contribution in [-0.4, -0.2) is 18.6 Å². The van der Waals surface area contributed by atoms with Crippen LogP contribution in [0.5, 0.6) is 5.75 Å². The maximum absolute atomic E-state index is 5.86. The van der Waals surface area contributed by atoms with Gasteiger partial charge in [0.15, 0.2) is 0 Å². The fourth-order valence-corrected chi connectivity index (χ4v) is 2.20. The van der Waals surface area contributed by atoms with E-state index in [-0.39, 0.29) is 0 Å². The molecule has 2 N–H and O–H groups in total. The van der Waals surface area contributed by atoms with Crippen LogP contribution in [0, 0.1) is 6.92 Å². The van der Waals surface area contributed by atoms with Crippen molar-refractivity contribution >= 4 is 5.69 Å². The van der Waals surface area contributed by atoms with Gasteiger partial charge in [0, 0.05) is 17.8 Å². The summed E-state index contributed by atoms with van der Waals surface area (Å²) in [6, 6.07) is 9.75. The third-order valence-electron chi connectivity index (χ3n) is 3.05. The monoisotopic (exact) mass is 274 g/mol. The fraction of sp³-hybridized carbons (Fsp3) is 0.375. The largest absolute Gasteiger partial charge is 0.494 e. The minimum atomic E-state index is 0.651.